The predicted octanol–water partition coefficient (Wildman–Crippen LogP) is 1.83. The van der Waals surface area contributed by atoms with Crippen molar-refractivity contribution in [2.75, 3.05) is 6.54 Å². The summed E-state index contributed by atoms with van der Waals surface area (Å²) in [5.74, 6) is -0.313. The van der Waals surface area contributed by atoms with Crippen LogP contribution in [0.2, 0.25) is 0 Å². The second-order valence-electron chi connectivity index (χ2n) is 5.30. The van der Waals surface area contributed by atoms with Crippen molar-refractivity contribution in [3.63, 3.8) is 0 Å². The van der Waals surface area contributed by atoms with Crippen LogP contribution in [0.4, 0.5) is 4.39 Å². The lowest BCUT2D eigenvalue weighted by Crippen LogP contribution is -2.58. The van der Waals surface area contributed by atoms with Crippen molar-refractivity contribution in [2.45, 2.75) is 25.4 Å². The van der Waals surface area contributed by atoms with Crippen LogP contribution in [0.25, 0.3) is 0 Å². The summed E-state index contributed by atoms with van der Waals surface area (Å²) in [5, 5.41) is 2.63. The lowest BCUT2D eigenvalue weighted by atomic mass is 10.1. The van der Waals surface area contributed by atoms with Gasteiger partial charge in [-0.3, -0.25) is 9.59 Å². The Kier molecular flexibility index (Phi) is 3.50. The molecule has 1 saturated carbocycles. The Balaban J connectivity index is 1.85. The van der Waals surface area contributed by atoms with E-state index in [4.69, 9.17) is 0 Å². The molecule has 1 atom stereocenters. The van der Waals surface area contributed by atoms with Crippen molar-refractivity contribution in [3.05, 3.63) is 34.1 Å². The third-order valence-electron chi connectivity index (χ3n) is 3.68. The molecule has 1 aliphatic heterocycles. The normalized spacial score (nSPS) is 22.9. The Morgan fingerprint density at radius 2 is 2.05 bits per heavy atom. The molecule has 2 amide bonds. The van der Waals surface area contributed by atoms with E-state index in [1.54, 1.807) is 11.0 Å². The Bertz CT molecular complexity index is 554. The van der Waals surface area contributed by atoms with Gasteiger partial charge in [-0.25, -0.2) is 4.39 Å². The molecule has 2 fully saturated rings. The highest BCUT2D eigenvalue weighted by Crippen LogP contribution is 2.37. The molecule has 0 aromatic heterocycles. The van der Waals surface area contributed by atoms with Crippen LogP contribution in [0.3, 0.4) is 0 Å². The van der Waals surface area contributed by atoms with Crippen LogP contribution >= 0.6 is 15.9 Å². The van der Waals surface area contributed by atoms with Crippen LogP contribution < -0.4 is 5.32 Å². The minimum absolute atomic E-state index is 0.0263. The molecule has 0 spiro atoms. The van der Waals surface area contributed by atoms with Gasteiger partial charge in [0.1, 0.15) is 11.9 Å². The summed E-state index contributed by atoms with van der Waals surface area (Å²) < 4.78 is 14.0. The van der Waals surface area contributed by atoms with Gasteiger partial charge in [-0.05, 0) is 42.5 Å². The van der Waals surface area contributed by atoms with E-state index in [0.29, 0.717) is 10.0 Å². The van der Waals surface area contributed by atoms with Crippen molar-refractivity contribution >= 4 is 27.7 Å². The first-order valence-corrected chi connectivity index (χ1v) is 7.36. The van der Waals surface area contributed by atoms with Crippen LogP contribution in [0.15, 0.2) is 22.7 Å². The number of nitrogens with one attached hydrogen (secondary N) is 1. The number of nitrogens with zero attached hydrogens (tertiary/aromatic N) is 1. The Morgan fingerprint density at radius 1 is 1.30 bits per heavy atom. The van der Waals surface area contributed by atoms with Crippen molar-refractivity contribution in [1.29, 1.82) is 0 Å². The first-order chi connectivity index (χ1) is 9.54. The smallest absolute Gasteiger partial charge is 0.243 e. The molecule has 4 nitrogen and oxygen atoms in total. The summed E-state index contributed by atoms with van der Waals surface area (Å²) in [6.45, 7) is 0.294. The monoisotopic (exact) mass is 340 g/mol. The minimum Gasteiger partial charge on any atom is -0.345 e. The molecule has 0 bridgehead atoms. The lowest BCUT2D eigenvalue weighted by Gasteiger charge is -2.35. The van der Waals surface area contributed by atoms with E-state index >= 15 is 0 Å². The molecule has 1 aromatic carbocycles. The first-order valence-electron chi connectivity index (χ1n) is 6.57. The molecular formula is C14H14BrFN2O2. The molecular weight excluding hydrogens is 327 g/mol. The number of hydrogen-bond donors (Lipinski definition) is 1. The van der Waals surface area contributed by atoms with Crippen LogP contribution in [-0.2, 0) is 16.1 Å². The average Bonchev–Trinajstić information content (AvgIpc) is 3.17. The van der Waals surface area contributed by atoms with Crippen LogP contribution in [0.1, 0.15) is 18.4 Å². The summed E-state index contributed by atoms with van der Waals surface area (Å²) in [6.07, 6.45) is 1.93. The standard InChI is InChI=1S/C14H14BrFN2O2/c15-10-3-8(4-11(16)5-10)7-18-12(19)6-17-14(20)13(18)9-1-2-9/h3-5,9,13H,1-2,6-7H2,(H,17,20). The zero-order valence-electron chi connectivity index (χ0n) is 10.7. The van der Waals surface area contributed by atoms with E-state index < -0.39 is 6.04 Å². The fourth-order valence-corrected chi connectivity index (χ4v) is 3.14. The van der Waals surface area contributed by atoms with E-state index in [-0.39, 0.29) is 36.6 Å². The Hall–Kier alpha value is -1.43. The van der Waals surface area contributed by atoms with E-state index in [1.807, 2.05) is 0 Å². The van der Waals surface area contributed by atoms with E-state index in [9.17, 15) is 14.0 Å². The van der Waals surface area contributed by atoms with Gasteiger partial charge in [-0.2, -0.15) is 0 Å². The molecule has 1 aromatic rings. The summed E-state index contributed by atoms with van der Waals surface area (Å²) in [6, 6.07) is 4.13. The predicted molar refractivity (Wildman–Crippen MR) is 74.2 cm³/mol. The van der Waals surface area contributed by atoms with Crippen molar-refractivity contribution in [1.82, 2.24) is 10.2 Å². The maximum atomic E-state index is 13.4. The molecule has 2 aliphatic rings. The Morgan fingerprint density at radius 3 is 2.70 bits per heavy atom. The number of hydrogen-bond acceptors (Lipinski definition) is 2. The molecule has 3 rings (SSSR count). The van der Waals surface area contributed by atoms with Gasteiger partial charge in [0.15, 0.2) is 0 Å². The second kappa shape index (κ2) is 5.16. The first kappa shape index (κ1) is 13.5. The molecule has 1 saturated heterocycles. The Labute approximate surface area is 124 Å². The largest absolute Gasteiger partial charge is 0.345 e. The van der Waals surface area contributed by atoms with Crippen molar-refractivity contribution < 1.29 is 14.0 Å². The van der Waals surface area contributed by atoms with Crippen LogP contribution in [0.5, 0.6) is 0 Å². The molecule has 1 N–H and O–H groups in total. The molecule has 20 heavy (non-hydrogen) atoms. The number of piperazine rings is 1. The van der Waals surface area contributed by atoms with Gasteiger partial charge in [0.25, 0.3) is 0 Å². The fourth-order valence-electron chi connectivity index (χ4n) is 2.63. The van der Waals surface area contributed by atoms with Gasteiger partial charge in [0.05, 0.1) is 6.54 Å². The molecule has 6 heteroatoms. The maximum Gasteiger partial charge on any atom is 0.243 e. The number of halogens is 2. The van der Waals surface area contributed by atoms with Crippen molar-refractivity contribution in [2.24, 2.45) is 5.92 Å². The number of carbonyl (C=O) groups is 2. The SMILES string of the molecule is O=C1NCC(=O)N(Cc2cc(F)cc(Br)c2)C1C1CC1. The molecule has 1 heterocycles. The highest BCUT2D eigenvalue weighted by Gasteiger charge is 2.44. The quantitative estimate of drug-likeness (QED) is 0.912. The topological polar surface area (TPSA) is 49.4 Å². The third kappa shape index (κ3) is 2.70. The van der Waals surface area contributed by atoms with E-state index in [0.717, 1.165) is 12.8 Å². The average molecular weight is 341 g/mol. The zero-order valence-corrected chi connectivity index (χ0v) is 12.3. The summed E-state index contributed by atoms with van der Waals surface area (Å²) in [5.41, 5.74) is 0.686. The summed E-state index contributed by atoms with van der Waals surface area (Å²) in [7, 11) is 0. The molecule has 0 radical (unpaired) electrons. The van der Waals surface area contributed by atoms with Gasteiger partial charge < -0.3 is 10.2 Å². The van der Waals surface area contributed by atoms with Gasteiger partial charge in [-0.1, -0.05) is 15.9 Å². The second-order valence-corrected chi connectivity index (χ2v) is 6.22. The summed E-state index contributed by atoms with van der Waals surface area (Å²) in [4.78, 5) is 25.6. The summed E-state index contributed by atoms with van der Waals surface area (Å²) >= 11 is 3.24. The number of amides is 2. The van der Waals surface area contributed by atoms with Gasteiger partial charge in [0.2, 0.25) is 11.8 Å². The minimum atomic E-state index is -0.404. The molecule has 1 unspecified atom stereocenters. The van der Waals surface area contributed by atoms with E-state index in [1.165, 1.54) is 12.1 Å². The van der Waals surface area contributed by atoms with Crippen molar-refractivity contribution in [3.8, 4) is 0 Å². The highest BCUT2D eigenvalue weighted by atomic mass is 79.9. The number of benzene rings is 1. The van der Waals surface area contributed by atoms with Gasteiger partial charge in [-0.15, -0.1) is 0 Å². The molecule has 1 aliphatic carbocycles. The number of rotatable bonds is 3. The number of carbonyl (C=O) groups excluding carboxylic acids is 2. The fraction of sp³-hybridized carbons (Fsp3) is 0.429. The maximum absolute atomic E-state index is 13.4. The third-order valence-corrected chi connectivity index (χ3v) is 4.14. The lowest BCUT2D eigenvalue weighted by molar-refractivity contribution is -0.147. The van der Waals surface area contributed by atoms with Gasteiger partial charge >= 0.3 is 0 Å². The zero-order chi connectivity index (χ0) is 14.3. The highest BCUT2D eigenvalue weighted by molar-refractivity contribution is 9.10. The van der Waals surface area contributed by atoms with Crippen LogP contribution in [-0.4, -0.2) is 29.3 Å². The van der Waals surface area contributed by atoms with Crippen LogP contribution in [0, 0.1) is 11.7 Å². The van der Waals surface area contributed by atoms with E-state index in [2.05, 4.69) is 21.2 Å². The van der Waals surface area contributed by atoms with Gasteiger partial charge in [0, 0.05) is 11.0 Å². The molecule has 106 valence electrons.